The van der Waals surface area contributed by atoms with Crippen molar-refractivity contribution in [1.82, 2.24) is 0 Å². The lowest BCUT2D eigenvalue weighted by molar-refractivity contribution is 0.0681. The molecule has 1 N–H and O–H groups in total. The monoisotopic (exact) mass is 396 g/mol. The average Bonchev–Trinajstić information content (AvgIpc) is 2.54. The average molecular weight is 398 g/mol. The Hall–Kier alpha value is -0.970. The Kier molecular flexibility index (Phi) is 5.13. The van der Waals surface area contributed by atoms with E-state index in [1.165, 1.54) is 0 Å². The number of rotatable bonds is 5. The zero-order valence-electron chi connectivity index (χ0n) is 10.7. The minimum Gasteiger partial charge on any atom is -0.383 e. The topological polar surface area (TPSA) is 37.3 Å². The van der Waals surface area contributed by atoms with Crippen LogP contribution in [0.4, 0.5) is 0 Å². The molecule has 2 aromatic rings. The minimum atomic E-state index is -1.17. The van der Waals surface area contributed by atoms with E-state index in [0.717, 1.165) is 5.56 Å². The molecule has 2 rings (SSSR count). The van der Waals surface area contributed by atoms with Crippen LogP contribution in [0.3, 0.4) is 0 Å². The van der Waals surface area contributed by atoms with Crippen LogP contribution in [0.2, 0.25) is 0 Å². The van der Waals surface area contributed by atoms with Crippen LogP contribution in [0.5, 0.6) is 0 Å². The van der Waals surface area contributed by atoms with Gasteiger partial charge in [-0.1, -0.05) is 92.5 Å². The molecule has 2 nitrogen and oxygen atoms in total. The molecule has 4 heteroatoms. The van der Waals surface area contributed by atoms with Crippen molar-refractivity contribution in [3.63, 3.8) is 0 Å². The molecule has 0 bridgehead atoms. The fraction of sp³-hybridized carbons (Fsp3) is 0.188. The second-order valence-electron chi connectivity index (χ2n) is 4.49. The van der Waals surface area contributed by atoms with Crippen LogP contribution < -0.4 is 0 Å². The molecule has 0 aliphatic heterocycles. The summed E-state index contributed by atoms with van der Waals surface area (Å²) in [6, 6.07) is 18.3. The van der Waals surface area contributed by atoms with Gasteiger partial charge in [0.05, 0.1) is 4.32 Å². The summed E-state index contributed by atoms with van der Waals surface area (Å²) in [5, 5.41) is 10.9. The summed E-state index contributed by atoms with van der Waals surface area (Å²) in [4.78, 5) is 12.4. The summed E-state index contributed by atoms with van der Waals surface area (Å²) in [6.45, 7) is 0. The van der Waals surface area contributed by atoms with Crippen LogP contribution in [0.15, 0.2) is 60.7 Å². The van der Waals surface area contributed by atoms with Gasteiger partial charge in [-0.3, -0.25) is 4.79 Å². The number of aliphatic hydroxyl groups is 1. The summed E-state index contributed by atoms with van der Waals surface area (Å²) in [5.41, 5.74) is 1.36. The van der Waals surface area contributed by atoms with E-state index in [9.17, 15) is 9.90 Å². The molecule has 0 amide bonds. The number of halogens is 2. The Balaban J connectivity index is 2.34. The van der Waals surface area contributed by atoms with E-state index in [2.05, 4.69) is 31.9 Å². The molecule has 0 saturated heterocycles. The molecule has 0 unspecified atom stereocenters. The maximum absolute atomic E-state index is 12.4. The van der Waals surface area contributed by atoms with E-state index in [4.69, 9.17) is 0 Å². The first-order chi connectivity index (χ1) is 9.59. The molecule has 0 aliphatic carbocycles. The molecule has 0 radical (unpaired) electrons. The highest BCUT2D eigenvalue weighted by molar-refractivity contribution is 9.12. The van der Waals surface area contributed by atoms with E-state index >= 15 is 0 Å². The van der Waals surface area contributed by atoms with E-state index in [0.29, 0.717) is 10.9 Å². The molecular weight excluding hydrogens is 384 g/mol. The van der Waals surface area contributed by atoms with E-state index in [1.54, 1.807) is 24.3 Å². The molecule has 2 aromatic carbocycles. The predicted octanol–water partition coefficient (Wildman–Crippen LogP) is 3.92. The molecule has 0 fully saturated rings. The summed E-state index contributed by atoms with van der Waals surface area (Å²) in [7, 11) is 0. The molecular formula is C16H14Br2O2. The summed E-state index contributed by atoms with van der Waals surface area (Å²) >= 11 is 6.93. The molecule has 0 spiro atoms. The highest BCUT2D eigenvalue weighted by Crippen LogP contribution is 2.38. The van der Waals surface area contributed by atoms with Crippen LogP contribution in [0, 0.1) is 0 Å². The Labute approximate surface area is 135 Å². The second kappa shape index (κ2) is 6.66. The van der Waals surface area contributed by atoms with Gasteiger partial charge in [-0.2, -0.15) is 0 Å². The van der Waals surface area contributed by atoms with E-state index in [1.807, 2.05) is 36.4 Å². The molecule has 0 heterocycles. The lowest BCUT2D eigenvalue weighted by Crippen LogP contribution is -2.41. The van der Waals surface area contributed by atoms with Gasteiger partial charge in [0.25, 0.3) is 0 Å². The predicted molar refractivity (Wildman–Crippen MR) is 87.6 cm³/mol. The normalized spacial score (nSPS) is 15.3. The molecule has 20 heavy (non-hydrogen) atoms. The number of alkyl halides is 2. The molecule has 0 aromatic heterocycles. The lowest BCUT2D eigenvalue weighted by atomic mass is 9.90. The van der Waals surface area contributed by atoms with Crippen molar-refractivity contribution < 1.29 is 9.90 Å². The van der Waals surface area contributed by atoms with Crippen LogP contribution >= 0.6 is 31.9 Å². The Bertz CT molecular complexity index is 572. The van der Waals surface area contributed by atoms with Gasteiger partial charge in [0.15, 0.2) is 5.78 Å². The van der Waals surface area contributed by atoms with Crippen molar-refractivity contribution in [2.45, 2.75) is 10.4 Å². The maximum Gasteiger partial charge on any atom is 0.193 e. The molecule has 0 aliphatic rings. The van der Waals surface area contributed by atoms with Gasteiger partial charge in [-0.25, -0.2) is 0 Å². The minimum absolute atomic E-state index is 0.300. The Morgan fingerprint density at radius 2 is 1.55 bits per heavy atom. The van der Waals surface area contributed by atoms with Crippen LogP contribution in [0.1, 0.15) is 15.9 Å². The van der Waals surface area contributed by atoms with E-state index in [-0.39, 0.29) is 5.78 Å². The number of Topliss-reactive ketones (excluding diaryl/α,β-unsaturated/α-hetero) is 1. The Morgan fingerprint density at radius 1 is 1.05 bits per heavy atom. The van der Waals surface area contributed by atoms with Gasteiger partial charge in [0, 0.05) is 10.9 Å². The first-order valence-electron chi connectivity index (χ1n) is 6.17. The number of carbonyl (C=O) groups is 1. The van der Waals surface area contributed by atoms with Gasteiger partial charge >= 0.3 is 0 Å². The number of aliphatic hydroxyl groups excluding tert-OH is 1. The summed E-state index contributed by atoms with van der Waals surface area (Å²) in [5.74, 6) is -0.300. The standard InChI is InChI=1S/C16H14Br2O2/c17-11-16(18,13-9-5-2-6-10-13)15(20)14(19)12-7-3-1-4-8-12/h1-10,15,20H,11H2/t15-,16-/m0/s1. The zero-order chi connectivity index (χ0) is 14.6. The van der Waals surface area contributed by atoms with Crippen molar-refractivity contribution in [3.05, 3.63) is 71.8 Å². The maximum atomic E-state index is 12.4. The number of benzene rings is 2. The number of hydrogen-bond donors (Lipinski definition) is 1. The van der Waals surface area contributed by atoms with Gasteiger partial charge < -0.3 is 5.11 Å². The van der Waals surface area contributed by atoms with Crippen molar-refractivity contribution >= 4 is 37.6 Å². The van der Waals surface area contributed by atoms with Crippen molar-refractivity contribution in [2.24, 2.45) is 0 Å². The highest BCUT2D eigenvalue weighted by atomic mass is 79.9. The lowest BCUT2D eigenvalue weighted by Gasteiger charge is -2.30. The molecule has 0 saturated carbocycles. The number of carbonyl (C=O) groups excluding carboxylic acids is 1. The molecule has 2 atom stereocenters. The summed E-state index contributed by atoms with van der Waals surface area (Å²) in [6.07, 6.45) is -1.17. The third-order valence-corrected chi connectivity index (χ3v) is 6.00. The van der Waals surface area contributed by atoms with Crippen LogP contribution in [0.25, 0.3) is 0 Å². The Morgan fingerprint density at radius 3 is 2.05 bits per heavy atom. The van der Waals surface area contributed by atoms with Crippen molar-refractivity contribution in [1.29, 1.82) is 0 Å². The van der Waals surface area contributed by atoms with Gasteiger partial charge in [-0.15, -0.1) is 0 Å². The van der Waals surface area contributed by atoms with Crippen LogP contribution in [-0.4, -0.2) is 22.3 Å². The second-order valence-corrected chi connectivity index (χ2v) is 6.47. The smallest absolute Gasteiger partial charge is 0.193 e. The fourth-order valence-corrected chi connectivity index (χ4v) is 3.09. The SMILES string of the molecule is O=C(c1ccccc1)[C@H](O)[C@](Br)(CBr)c1ccccc1. The zero-order valence-corrected chi connectivity index (χ0v) is 13.8. The quantitative estimate of drug-likeness (QED) is 0.613. The van der Waals surface area contributed by atoms with Crippen molar-refractivity contribution in [3.8, 4) is 0 Å². The van der Waals surface area contributed by atoms with Gasteiger partial charge in [0.1, 0.15) is 6.10 Å². The third kappa shape index (κ3) is 3.03. The number of ketones is 1. The van der Waals surface area contributed by atoms with Gasteiger partial charge in [-0.05, 0) is 5.56 Å². The van der Waals surface area contributed by atoms with Crippen molar-refractivity contribution in [2.75, 3.05) is 5.33 Å². The fourth-order valence-electron chi connectivity index (χ4n) is 1.99. The summed E-state index contributed by atoms with van der Waals surface area (Å²) < 4.78 is -0.846. The molecule has 104 valence electrons. The van der Waals surface area contributed by atoms with Crippen LogP contribution in [-0.2, 0) is 4.32 Å². The van der Waals surface area contributed by atoms with E-state index < -0.39 is 10.4 Å². The van der Waals surface area contributed by atoms with Gasteiger partial charge in [0.2, 0.25) is 0 Å². The number of hydrogen-bond acceptors (Lipinski definition) is 2. The first-order valence-corrected chi connectivity index (χ1v) is 8.09. The largest absolute Gasteiger partial charge is 0.383 e. The third-order valence-electron chi connectivity index (χ3n) is 3.19. The first kappa shape index (κ1) is 15.4. The highest BCUT2D eigenvalue weighted by Gasteiger charge is 2.40.